The fourth-order valence-electron chi connectivity index (χ4n) is 2.75. The minimum Gasteiger partial charge on any atom is -0.382 e. The number of ether oxygens (including phenoxy) is 1. The van der Waals surface area contributed by atoms with Crippen LogP contribution in [0.15, 0.2) is 47.5 Å². The van der Waals surface area contributed by atoms with Crippen molar-refractivity contribution in [3.63, 3.8) is 0 Å². The lowest BCUT2D eigenvalue weighted by molar-refractivity contribution is -0.122. The summed E-state index contributed by atoms with van der Waals surface area (Å²) >= 11 is 1.31. The van der Waals surface area contributed by atoms with Gasteiger partial charge in [0.25, 0.3) is 0 Å². The molecule has 7 heteroatoms. The Morgan fingerprint density at radius 3 is 2.89 bits per heavy atom. The Morgan fingerprint density at radius 2 is 2.07 bits per heavy atom. The zero-order valence-electron chi connectivity index (χ0n) is 15.2. The van der Waals surface area contributed by atoms with E-state index in [1.54, 1.807) is 0 Å². The summed E-state index contributed by atoms with van der Waals surface area (Å²) < 4.78 is 5.26. The van der Waals surface area contributed by atoms with E-state index in [2.05, 4.69) is 15.6 Å². The van der Waals surface area contributed by atoms with E-state index in [1.165, 1.54) is 11.8 Å². The number of aliphatic imine (C=N–C) groups is 1. The maximum absolute atomic E-state index is 12.3. The third-order valence-electron chi connectivity index (χ3n) is 4.09. The molecule has 3 rings (SSSR count). The molecule has 2 aromatic carbocycles. The normalized spacial score (nSPS) is 18.0. The number of thioether (sulfide) groups is 1. The van der Waals surface area contributed by atoms with Crippen molar-refractivity contribution in [2.75, 3.05) is 25.1 Å². The first kappa shape index (κ1) is 19.4. The second-order valence-electron chi connectivity index (χ2n) is 6.15. The van der Waals surface area contributed by atoms with Gasteiger partial charge in [-0.1, -0.05) is 42.1 Å². The van der Waals surface area contributed by atoms with Crippen LogP contribution >= 0.6 is 11.8 Å². The summed E-state index contributed by atoms with van der Waals surface area (Å²) in [6.07, 6.45) is 0.919. The molecule has 1 aliphatic rings. The summed E-state index contributed by atoms with van der Waals surface area (Å²) in [4.78, 5) is 28.8. The third-order valence-corrected chi connectivity index (χ3v) is 5.21. The van der Waals surface area contributed by atoms with E-state index < -0.39 is 5.25 Å². The van der Waals surface area contributed by atoms with Crippen molar-refractivity contribution in [1.29, 1.82) is 0 Å². The maximum Gasteiger partial charge on any atom is 0.240 e. The Balaban J connectivity index is 1.51. The summed E-state index contributed by atoms with van der Waals surface area (Å²) in [6, 6.07) is 13.7. The van der Waals surface area contributed by atoms with Crippen molar-refractivity contribution >= 4 is 45.2 Å². The highest BCUT2D eigenvalue weighted by Crippen LogP contribution is 2.24. The molecule has 0 unspecified atom stereocenters. The molecule has 2 N–H and O–H groups in total. The van der Waals surface area contributed by atoms with Crippen LogP contribution in [0.4, 0.5) is 5.69 Å². The highest BCUT2D eigenvalue weighted by molar-refractivity contribution is 8.15. The number of benzene rings is 2. The van der Waals surface area contributed by atoms with Crippen LogP contribution in [0.1, 0.15) is 19.8 Å². The van der Waals surface area contributed by atoms with Gasteiger partial charge in [0.05, 0.1) is 0 Å². The lowest BCUT2D eigenvalue weighted by Crippen LogP contribution is -2.28. The molecule has 0 spiro atoms. The first-order chi connectivity index (χ1) is 13.2. The Hall–Kier alpha value is -2.38. The molecule has 0 aromatic heterocycles. The molecule has 1 heterocycles. The van der Waals surface area contributed by atoms with Crippen LogP contribution in [0.25, 0.3) is 10.8 Å². The SMILES string of the molecule is CCOCCCN=C1NC(=O)[C@@H](CC(=O)Nc2ccc3ccccc3c2)S1. The highest BCUT2D eigenvalue weighted by Gasteiger charge is 2.31. The number of hydrogen-bond acceptors (Lipinski definition) is 5. The van der Waals surface area contributed by atoms with Gasteiger partial charge in [0.15, 0.2) is 5.17 Å². The fraction of sp³-hybridized carbons (Fsp3) is 0.350. The molecule has 2 aromatic rings. The summed E-state index contributed by atoms with van der Waals surface area (Å²) in [5, 5.41) is 7.93. The van der Waals surface area contributed by atoms with Gasteiger partial charge in [-0.3, -0.25) is 14.6 Å². The number of rotatable bonds is 8. The number of fused-ring (bicyclic) bond motifs is 1. The lowest BCUT2D eigenvalue weighted by atomic mass is 10.1. The third kappa shape index (κ3) is 5.55. The predicted molar refractivity (Wildman–Crippen MR) is 110 cm³/mol. The average Bonchev–Trinajstić information content (AvgIpc) is 3.00. The van der Waals surface area contributed by atoms with Gasteiger partial charge < -0.3 is 15.4 Å². The smallest absolute Gasteiger partial charge is 0.240 e. The Kier molecular flexibility index (Phi) is 6.84. The standard InChI is InChI=1S/C20H23N3O3S/c1-2-26-11-5-10-21-20-23-19(25)17(27-20)13-18(24)22-16-9-8-14-6-3-4-7-15(14)12-16/h3-4,6-9,12,17H,2,5,10-11,13H2,1H3,(H,22,24)(H,21,23,25)/t17-/m1/s1. The summed E-state index contributed by atoms with van der Waals surface area (Å²) in [5.74, 6) is -0.354. The van der Waals surface area contributed by atoms with Crippen LogP contribution in [0.2, 0.25) is 0 Å². The monoisotopic (exact) mass is 385 g/mol. The number of carbonyl (C=O) groups excluding carboxylic acids is 2. The van der Waals surface area contributed by atoms with E-state index in [1.807, 2.05) is 49.4 Å². The van der Waals surface area contributed by atoms with Crippen molar-refractivity contribution in [1.82, 2.24) is 5.32 Å². The van der Waals surface area contributed by atoms with Gasteiger partial charge in [0.2, 0.25) is 11.8 Å². The molecular weight excluding hydrogens is 362 g/mol. The highest BCUT2D eigenvalue weighted by atomic mass is 32.2. The molecule has 0 radical (unpaired) electrons. The molecule has 0 aliphatic carbocycles. The quantitative estimate of drug-likeness (QED) is 0.684. The van der Waals surface area contributed by atoms with Gasteiger partial charge in [0.1, 0.15) is 5.25 Å². The molecule has 0 saturated carbocycles. The molecule has 0 bridgehead atoms. The number of nitrogens with zero attached hydrogens (tertiary/aromatic N) is 1. The largest absolute Gasteiger partial charge is 0.382 e. The van der Waals surface area contributed by atoms with Crippen LogP contribution in [0.5, 0.6) is 0 Å². The summed E-state index contributed by atoms with van der Waals surface area (Å²) in [5.41, 5.74) is 0.729. The van der Waals surface area contributed by atoms with E-state index in [0.717, 1.165) is 22.9 Å². The van der Waals surface area contributed by atoms with Gasteiger partial charge in [0, 0.05) is 31.9 Å². The summed E-state index contributed by atoms with van der Waals surface area (Å²) in [7, 11) is 0. The van der Waals surface area contributed by atoms with Crippen LogP contribution in [-0.4, -0.2) is 42.0 Å². The van der Waals surface area contributed by atoms with Crippen LogP contribution in [-0.2, 0) is 14.3 Å². The van der Waals surface area contributed by atoms with Gasteiger partial charge >= 0.3 is 0 Å². The Morgan fingerprint density at radius 1 is 1.26 bits per heavy atom. The fourth-order valence-corrected chi connectivity index (χ4v) is 3.75. The van der Waals surface area contributed by atoms with Gasteiger partial charge in [-0.25, -0.2) is 0 Å². The van der Waals surface area contributed by atoms with Crippen molar-refractivity contribution in [2.45, 2.75) is 25.0 Å². The summed E-state index contributed by atoms with van der Waals surface area (Å²) in [6.45, 7) is 3.89. The molecule has 6 nitrogen and oxygen atoms in total. The molecule has 27 heavy (non-hydrogen) atoms. The van der Waals surface area contributed by atoms with Gasteiger partial charge in [-0.15, -0.1) is 0 Å². The lowest BCUT2D eigenvalue weighted by Gasteiger charge is -2.08. The van der Waals surface area contributed by atoms with Crippen molar-refractivity contribution < 1.29 is 14.3 Å². The maximum atomic E-state index is 12.3. The first-order valence-corrected chi connectivity index (χ1v) is 9.92. The van der Waals surface area contributed by atoms with Crippen molar-refractivity contribution in [3.05, 3.63) is 42.5 Å². The molecule has 1 fully saturated rings. The van der Waals surface area contributed by atoms with Crippen LogP contribution in [0, 0.1) is 0 Å². The van der Waals surface area contributed by atoms with Gasteiger partial charge in [-0.05, 0) is 36.2 Å². The topological polar surface area (TPSA) is 79.8 Å². The van der Waals surface area contributed by atoms with Crippen molar-refractivity contribution in [3.8, 4) is 0 Å². The van der Waals surface area contributed by atoms with E-state index in [-0.39, 0.29) is 18.2 Å². The van der Waals surface area contributed by atoms with E-state index in [4.69, 9.17) is 4.74 Å². The predicted octanol–water partition coefficient (Wildman–Crippen LogP) is 3.18. The number of anilines is 1. The molecule has 2 amide bonds. The van der Waals surface area contributed by atoms with Crippen LogP contribution in [0.3, 0.4) is 0 Å². The number of nitrogens with one attached hydrogen (secondary N) is 2. The van der Waals surface area contributed by atoms with E-state index >= 15 is 0 Å². The zero-order valence-corrected chi connectivity index (χ0v) is 16.1. The molecular formula is C20H23N3O3S. The second kappa shape index (κ2) is 9.53. The minimum atomic E-state index is -0.448. The molecule has 1 saturated heterocycles. The van der Waals surface area contributed by atoms with Crippen LogP contribution < -0.4 is 10.6 Å². The number of amides is 2. The first-order valence-electron chi connectivity index (χ1n) is 9.04. The molecule has 1 aliphatic heterocycles. The van der Waals surface area contributed by atoms with E-state index in [0.29, 0.717) is 24.9 Å². The second-order valence-corrected chi connectivity index (χ2v) is 7.34. The zero-order chi connectivity index (χ0) is 19.1. The average molecular weight is 385 g/mol. The Labute approximate surface area is 162 Å². The number of amidine groups is 1. The minimum absolute atomic E-state index is 0.112. The number of hydrogen-bond donors (Lipinski definition) is 2. The number of carbonyl (C=O) groups is 2. The van der Waals surface area contributed by atoms with E-state index in [9.17, 15) is 9.59 Å². The van der Waals surface area contributed by atoms with Crippen molar-refractivity contribution in [2.24, 2.45) is 4.99 Å². The molecule has 142 valence electrons. The Bertz CT molecular complexity index is 853. The molecule has 1 atom stereocenters. The van der Waals surface area contributed by atoms with Gasteiger partial charge in [-0.2, -0.15) is 0 Å².